The van der Waals surface area contributed by atoms with Gasteiger partial charge in [0.15, 0.2) is 5.88 Å². The first-order valence-electron chi connectivity index (χ1n) is 11.1. The Balaban J connectivity index is 1.75. The molecule has 0 fully saturated rings. The van der Waals surface area contributed by atoms with Crippen molar-refractivity contribution in [2.75, 3.05) is 6.61 Å². The SMILES string of the molecule is CCOC(=O)CCn1c2ccc(C=O)cc2c2c3c[nH]c(O)c3c3c(c21)Cc1ccccc1-3. The largest absolute Gasteiger partial charge is 0.494 e. The third kappa shape index (κ3) is 2.73. The first-order valence-corrected chi connectivity index (χ1v) is 11.1. The summed E-state index contributed by atoms with van der Waals surface area (Å²) in [4.78, 5) is 26.8. The van der Waals surface area contributed by atoms with E-state index in [4.69, 9.17) is 4.74 Å². The smallest absolute Gasteiger partial charge is 0.307 e. The number of hydrogen-bond donors (Lipinski definition) is 2. The Bertz CT molecular complexity index is 1610. The van der Waals surface area contributed by atoms with Crippen LogP contribution in [-0.4, -0.2) is 33.5 Å². The fourth-order valence-corrected chi connectivity index (χ4v) is 5.41. The van der Waals surface area contributed by atoms with E-state index in [1.54, 1.807) is 13.0 Å². The molecule has 0 unspecified atom stereocenters. The fraction of sp³-hybridized carbons (Fsp3) is 0.185. The number of carbonyl (C=O) groups is 2. The Kier molecular flexibility index (Phi) is 4.30. The first-order chi connectivity index (χ1) is 16.1. The molecule has 0 atom stereocenters. The Morgan fingerprint density at radius 1 is 1.18 bits per heavy atom. The van der Waals surface area contributed by atoms with Crippen molar-refractivity contribution in [3.63, 3.8) is 0 Å². The molecule has 0 saturated heterocycles. The topological polar surface area (TPSA) is 84.3 Å². The van der Waals surface area contributed by atoms with Gasteiger partial charge in [-0.05, 0) is 41.8 Å². The minimum atomic E-state index is -0.239. The van der Waals surface area contributed by atoms with Crippen molar-refractivity contribution >= 4 is 44.8 Å². The highest BCUT2D eigenvalue weighted by atomic mass is 16.5. The van der Waals surface area contributed by atoms with Crippen LogP contribution in [0.15, 0.2) is 48.7 Å². The molecule has 2 aromatic heterocycles. The van der Waals surface area contributed by atoms with Crippen molar-refractivity contribution in [3.8, 4) is 17.0 Å². The van der Waals surface area contributed by atoms with Gasteiger partial charge >= 0.3 is 5.97 Å². The van der Waals surface area contributed by atoms with Crippen molar-refractivity contribution in [2.45, 2.75) is 26.3 Å². The van der Waals surface area contributed by atoms with E-state index < -0.39 is 0 Å². The number of rotatable bonds is 5. The van der Waals surface area contributed by atoms with Crippen LogP contribution in [-0.2, 0) is 22.5 Å². The molecule has 3 aromatic carbocycles. The standard InChI is InChI=1S/C27H22N2O4/c1-2-33-22(31)9-10-29-21-8-7-15(14-30)11-18(21)24-20-13-28-27(32)25(20)23-17-6-4-3-5-16(17)12-19(23)26(24)29/h3-8,11,13-14,28,32H,2,9-10,12H2,1H3. The predicted octanol–water partition coefficient (Wildman–Crippen LogP) is 5.32. The molecule has 0 spiro atoms. The summed E-state index contributed by atoms with van der Waals surface area (Å²) >= 11 is 0. The summed E-state index contributed by atoms with van der Waals surface area (Å²) in [5.41, 5.74) is 7.05. The molecule has 0 bridgehead atoms. The maximum atomic E-state index is 12.2. The molecule has 6 heteroatoms. The number of benzene rings is 3. The average Bonchev–Trinajstić information content (AvgIpc) is 3.48. The third-order valence-corrected chi connectivity index (χ3v) is 6.69. The number of H-pyrrole nitrogens is 1. The van der Waals surface area contributed by atoms with Crippen LogP contribution < -0.4 is 0 Å². The van der Waals surface area contributed by atoms with Gasteiger partial charge in [0, 0.05) is 52.0 Å². The van der Waals surface area contributed by atoms with E-state index in [9.17, 15) is 14.7 Å². The maximum Gasteiger partial charge on any atom is 0.307 e. The van der Waals surface area contributed by atoms with Gasteiger partial charge in [-0.1, -0.05) is 24.3 Å². The lowest BCUT2D eigenvalue weighted by Gasteiger charge is -2.12. The van der Waals surface area contributed by atoms with E-state index in [1.165, 1.54) is 5.56 Å². The van der Waals surface area contributed by atoms with Gasteiger partial charge in [0.25, 0.3) is 0 Å². The number of esters is 1. The van der Waals surface area contributed by atoms with Crippen LogP contribution >= 0.6 is 0 Å². The number of aromatic amines is 1. The lowest BCUT2D eigenvalue weighted by molar-refractivity contribution is -0.143. The zero-order valence-corrected chi connectivity index (χ0v) is 18.1. The summed E-state index contributed by atoms with van der Waals surface area (Å²) in [6.07, 6.45) is 3.66. The number of carbonyl (C=O) groups excluding carboxylic acids is 2. The summed E-state index contributed by atoms with van der Waals surface area (Å²) in [5, 5.41) is 14.4. The van der Waals surface area contributed by atoms with Crippen LogP contribution in [0.4, 0.5) is 0 Å². The molecular weight excluding hydrogens is 416 g/mol. The molecule has 6 rings (SSSR count). The normalized spacial score (nSPS) is 12.4. The number of hydrogen-bond acceptors (Lipinski definition) is 4. The lowest BCUT2D eigenvalue weighted by atomic mass is 9.96. The number of nitrogens with zero attached hydrogens (tertiary/aromatic N) is 1. The summed E-state index contributed by atoms with van der Waals surface area (Å²) in [7, 11) is 0. The molecule has 33 heavy (non-hydrogen) atoms. The molecule has 6 nitrogen and oxygen atoms in total. The second kappa shape index (κ2) is 7.24. The Labute approximate surface area is 189 Å². The van der Waals surface area contributed by atoms with Crippen LogP contribution in [0.5, 0.6) is 5.88 Å². The molecule has 5 aromatic rings. The Morgan fingerprint density at radius 3 is 2.85 bits per heavy atom. The molecule has 0 saturated carbocycles. The highest BCUT2D eigenvalue weighted by Gasteiger charge is 2.29. The molecule has 2 N–H and O–H groups in total. The van der Waals surface area contributed by atoms with Crippen molar-refractivity contribution in [1.82, 2.24) is 9.55 Å². The van der Waals surface area contributed by atoms with E-state index >= 15 is 0 Å². The number of ether oxygens (including phenoxy) is 1. The van der Waals surface area contributed by atoms with Crippen LogP contribution in [0.1, 0.15) is 34.8 Å². The van der Waals surface area contributed by atoms with Gasteiger partial charge in [0.1, 0.15) is 6.29 Å². The van der Waals surface area contributed by atoms with Crippen LogP contribution in [0.2, 0.25) is 0 Å². The number of aromatic hydroxyl groups is 1. The number of aldehydes is 1. The second-order valence-electron chi connectivity index (χ2n) is 8.44. The van der Waals surface area contributed by atoms with E-state index in [0.29, 0.717) is 18.7 Å². The van der Waals surface area contributed by atoms with Gasteiger partial charge in [-0.15, -0.1) is 0 Å². The lowest BCUT2D eigenvalue weighted by Crippen LogP contribution is -2.09. The predicted molar refractivity (Wildman–Crippen MR) is 128 cm³/mol. The quantitative estimate of drug-likeness (QED) is 0.282. The van der Waals surface area contributed by atoms with Gasteiger partial charge in [0.2, 0.25) is 0 Å². The molecule has 0 aliphatic heterocycles. The van der Waals surface area contributed by atoms with Crippen molar-refractivity contribution in [3.05, 3.63) is 65.4 Å². The van der Waals surface area contributed by atoms with Crippen LogP contribution in [0, 0.1) is 0 Å². The van der Waals surface area contributed by atoms with E-state index in [2.05, 4.69) is 21.7 Å². The highest BCUT2D eigenvalue weighted by molar-refractivity contribution is 6.27. The maximum absolute atomic E-state index is 12.2. The monoisotopic (exact) mass is 438 g/mol. The van der Waals surface area contributed by atoms with Crippen molar-refractivity contribution in [2.24, 2.45) is 0 Å². The molecule has 1 aliphatic carbocycles. The van der Waals surface area contributed by atoms with Gasteiger partial charge in [-0.3, -0.25) is 9.59 Å². The number of aryl methyl sites for hydroxylation is 1. The molecule has 0 amide bonds. The average molecular weight is 438 g/mol. The number of aromatic nitrogens is 2. The van der Waals surface area contributed by atoms with Gasteiger partial charge in [0.05, 0.1) is 23.9 Å². The Hall–Kier alpha value is -4.06. The summed E-state index contributed by atoms with van der Waals surface area (Å²) in [5.74, 6) is -0.101. The minimum absolute atomic E-state index is 0.138. The van der Waals surface area contributed by atoms with Crippen molar-refractivity contribution < 1.29 is 19.4 Å². The zero-order valence-electron chi connectivity index (χ0n) is 18.1. The van der Waals surface area contributed by atoms with Crippen LogP contribution in [0.25, 0.3) is 43.7 Å². The minimum Gasteiger partial charge on any atom is -0.494 e. The summed E-state index contributed by atoms with van der Waals surface area (Å²) in [6.45, 7) is 2.62. The molecule has 0 radical (unpaired) electrons. The molecule has 164 valence electrons. The highest BCUT2D eigenvalue weighted by Crippen LogP contribution is 2.50. The van der Waals surface area contributed by atoms with Crippen molar-refractivity contribution in [1.29, 1.82) is 0 Å². The van der Waals surface area contributed by atoms with E-state index in [1.807, 2.05) is 30.5 Å². The molecule has 2 heterocycles. The van der Waals surface area contributed by atoms with Gasteiger partial charge in [-0.2, -0.15) is 0 Å². The molecule has 1 aliphatic rings. The summed E-state index contributed by atoms with van der Waals surface area (Å²) < 4.78 is 7.35. The zero-order chi connectivity index (χ0) is 22.7. The Morgan fingerprint density at radius 2 is 2.03 bits per heavy atom. The number of fused-ring (bicyclic) bond motifs is 10. The van der Waals surface area contributed by atoms with E-state index in [-0.39, 0.29) is 18.3 Å². The third-order valence-electron chi connectivity index (χ3n) is 6.69. The second-order valence-corrected chi connectivity index (χ2v) is 8.44. The first kappa shape index (κ1) is 19.6. The van der Waals surface area contributed by atoms with Gasteiger partial charge < -0.3 is 19.4 Å². The van der Waals surface area contributed by atoms with Gasteiger partial charge in [-0.25, -0.2) is 0 Å². The number of nitrogens with one attached hydrogen (secondary N) is 1. The fourth-order valence-electron chi connectivity index (χ4n) is 5.41. The summed E-state index contributed by atoms with van der Waals surface area (Å²) in [6, 6.07) is 13.9. The molecular formula is C27H22N2O4. The van der Waals surface area contributed by atoms with E-state index in [0.717, 1.165) is 62.0 Å². The van der Waals surface area contributed by atoms with Crippen LogP contribution in [0.3, 0.4) is 0 Å².